The van der Waals surface area contributed by atoms with E-state index >= 15 is 0 Å². The minimum Gasteiger partial charge on any atom is -0.468 e. The number of hydroxylamine groups is 2. The van der Waals surface area contributed by atoms with Crippen LogP contribution >= 0.6 is 0 Å². The van der Waals surface area contributed by atoms with Crippen molar-refractivity contribution in [1.29, 1.82) is 0 Å². The molecular weight excluding hydrogens is 284 g/mol. The van der Waals surface area contributed by atoms with Crippen LogP contribution in [0.2, 0.25) is 0 Å². The summed E-state index contributed by atoms with van der Waals surface area (Å²) in [6, 6.07) is 3.11. The van der Waals surface area contributed by atoms with Crippen molar-refractivity contribution in [1.82, 2.24) is 9.37 Å². The summed E-state index contributed by atoms with van der Waals surface area (Å²) in [5.41, 5.74) is 0. The van der Waals surface area contributed by atoms with Crippen LogP contribution in [0.5, 0.6) is 0 Å². The van der Waals surface area contributed by atoms with Gasteiger partial charge in [-0.25, -0.2) is 8.42 Å². The van der Waals surface area contributed by atoms with E-state index in [1.165, 1.54) is 4.31 Å². The van der Waals surface area contributed by atoms with Crippen LogP contribution in [0, 0.1) is 0 Å². The Morgan fingerprint density at radius 3 is 2.70 bits per heavy atom. The Hall–Kier alpha value is -0.930. The smallest absolute Gasteiger partial charge is 0.221 e. The average Bonchev–Trinajstić information content (AvgIpc) is 3.08. The van der Waals surface area contributed by atoms with Crippen LogP contribution < -0.4 is 0 Å². The van der Waals surface area contributed by atoms with Gasteiger partial charge in [0.15, 0.2) is 0 Å². The Morgan fingerprint density at radius 2 is 2.05 bits per heavy atom. The molecule has 2 unspecified atom stereocenters. The maximum Gasteiger partial charge on any atom is 0.221 e. The van der Waals surface area contributed by atoms with Crippen LogP contribution in [0.1, 0.15) is 11.8 Å². The van der Waals surface area contributed by atoms with Crippen molar-refractivity contribution in [3.8, 4) is 0 Å². The summed E-state index contributed by atoms with van der Waals surface area (Å²) in [4.78, 5) is 5.42. The average molecular weight is 302 g/mol. The second kappa shape index (κ2) is 5.45. The van der Waals surface area contributed by atoms with E-state index in [2.05, 4.69) is 0 Å². The van der Waals surface area contributed by atoms with Crippen LogP contribution in [0.25, 0.3) is 0 Å². The summed E-state index contributed by atoms with van der Waals surface area (Å²) in [7, 11) is -1.72. The van der Waals surface area contributed by atoms with Gasteiger partial charge in [-0.2, -0.15) is 9.37 Å². The molecule has 1 aromatic rings. The second-order valence-corrected chi connectivity index (χ2v) is 7.05. The van der Waals surface area contributed by atoms with Crippen molar-refractivity contribution in [2.75, 3.05) is 40.0 Å². The Balaban J connectivity index is 1.87. The molecule has 0 N–H and O–H groups in total. The molecule has 0 bridgehead atoms. The molecule has 0 radical (unpaired) electrons. The standard InChI is InChI=1S/C12H18N2O5S/c1-13-12(10-3-2-6-18-10)11(9-19-13)20(15,16)14-4-7-17-8-5-14/h2-3,6,11-12H,4-5,7-9H2,1H3. The van der Waals surface area contributed by atoms with Gasteiger partial charge in [0.05, 0.1) is 26.1 Å². The highest BCUT2D eigenvalue weighted by Gasteiger charge is 2.47. The molecular formula is C12H18N2O5S. The molecule has 20 heavy (non-hydrogen) atoms. The molecule has 0 amide bonds. The third-order valence-electron chi connectivity index (χ3n) is 3.73. The van der Waals surface area contributed by atoms with Crippen molar-refractivity contribution in [2.24, 2.45) is 0 Å². The minimum atomic E-state index is -3.44. The van der Waals surface area contributed by atoms with Crippen LogP contribution in [0.3, 0.4) is 0 Å². The lowest BCUT2D eigenvalue weighted by Gasteiger charge is -2.30. The lowest BCUT2D eigenvalue weighted by atomic mass is 10.2. The molecule has 2 aliphatic heterocycles. The van der Waals surface area contributed by atoms with E-state index in [0.717, 1.165) is 0 Å². The Kier molecular flexibility index (Phi) is 3.83. The first kappa shape index (κ1) is 14.0. The molecule has 3 heterocycles. The van der Waals surface area contributed by atoms with E-state index in [1.807, 2.05) is 0 Å². The van der Waals surface area contributed by atoms with E-state index in [-0.39, 0.29) is 6.61 Å². The van der Waals surface area contributed by atoms with Crippen molar-refractivity contribution in [2.45, 2.75) is 11.3 Å². The van der Waals surface area contributed by atoms with E-state index in [9.17, 15) is 8.42 Å². The van der Waals surface area contributed by atoms with E-state index in [1.54, 1.807) is 30.5 Å². The highest BCUT2D eigenvalue weighted by atomic mass is 32.2. The summed E-state index contributed by atoms with van der Waals surface area (Å²) in [6.07, 6.45) is 1.54. The number of nitrogens with zero attached hydrogens (tertiary/aromatic N) is 2. The van der Waals surface area contributed by atoms with Gasteiger partial charge in [0.1, 0.15) is 17.1 Å². The number of furan rings is 1. The van der Waals surface area contributed by atoms with E-state index < -0.39 is 21.3 Å². The van der Waals surface area contributed by atoms with E-state index in [0.29, 0.717) is 32.1 Å². The number of hydrogen-bond acceptors (Lipinski definition) is 6. The van der Waals surface area contributed by atoms with Crippen molar-refractivity contribution < 1.29 is 22.4 Å². The van der Waals surface area contributed by atoms with Gasteiger partial charge in [-0.05, 0) is 12.1 Å². The normalized spacial score (nSPS) is 29.9. The van der Waals surface area contributed by atoms with Crippen molar-refractivity contribution in [3.63, 3.8) is 0 Å². The first-order valence-electron chi connectivity index (χ1n) is 6.56. The summed E-state index contributed by atoms with van der Waals surface area (Å²) in [5.74, 6) is 0.604. The van der Waals surface area contributed by atoms with Crippen LogP contribution in [0.4, 0.5) is 0 Å². The number of hydrogen-bond donors (Lipinski definition) is 0. The largest absolute Gasteiger partial charge is 0.468 e. The first-order valence-corrected chi connectivity index (χ1v) is 8.07. The van der Waals surface area contributed by atoms with Crippen molar-refractivity contribution in [3.05, 3.63) is 24.2 Å². The Labute approximate surface area is 118 Å². The molecule has 0 saturated carbocycles. The van der Waals surface area contributed by atoms with Gasteiger partial charge >= 0.3 is 0 Å². The number of rotatable bonds is 3. The number of morpholine rings is 1. The van der Waals surface area contributed by atoms with Gasteiger partial charge in [-0.15, -0.1) is 0 Å². The highest BCUT2D eigenvalue weighted by molar-refractivity contribution is 7.89. The lowest BCUT2D eigenvalue weighted by molar-refractivity contribution is -0.113. The molecule has 3 rings (SSSR count). The van der Waals surface area contributed by atoms with Crippen LogP contribution in [-0.2, 0) is 19.6 Å². The third-order valence-corrected chi connectivity index (χ3v) is 5.98. The highest BCUT2D eigenvalue weighted by Crippen LogP contribution is 2.35. The zero-order valence-electron chi connectivity index (χ0n) is 11.3. The van der Waals surface area contributed by atoms with Gasteiger partial charge in [0.25, 0.3) is 0 Å². The zero-order valence-corrected chi connectivity index (χ0v) is 12.1. The molecule has 1 aromatic heterocycles. The second-order valence-electron chi connectivity index (χ2n) is 4.90. The van der Waals surface area contributed by atoms with Crippen molar-refractivity contribution >= 4 is 10.0 Å². The zero-order chi connectivity index (χ0) is 14.2. The number of sulfonamides is 1. The molecule has 2 aliphatic rings. The molecule has 2 atom stereocenters. The fourth-order valence-electron chi connectivity index (χ4n) is 2.66. The van der Waals surface area contributed by atoms with Gasteiger partial charge in [-0.1, -0.05) is 0 Å². The molecule has 0 spiro atoms. The SMILES string of the molecule is CN1OCC(S(=O)(=O)N2CCOCC2)C1c1ccco1. The maximum atomic E-state index is 12.8. The molecule has 0 aromatic carbocycles. The summed E-state index contributed by atoms with van der Waals surface area (Å²) >= 11 is 0. The van der Waals surface area contributed by atoms with Gasteiger partial charge in [0.2, 0.25) is 10.0 Å². The topological polar surface area (TPSA) is 72.2 Å². The fourth-order valence-corrected chi connectivity index (χ4v) is 4.57. The van der Waals surface area contributed by atoms with Crippen LogP contribution in [0.15, 0.2) is 22.8 Å². The monoisotopic (exact) mass is 302 g/mol. The molecule has 8 heteroatoms. The predicted molar refractivity (Wildman–Crippen MR) is 70.3 cm³/mol. The summed E-state index contributed by atoms with van der Waals surface area (Å²) in [5, 5.41) is 0.901. The Morgan fingerprint density at radius 1 is 1.30 bits per heavy atom. The van der Waals surface area contributed by atoms with Gasteiger partial charge in [0, 0.05) is 20.1 Å². The fraction of sp³-hybridized carbons (Fsp3) is 0.667. The molecule has 2 saturated heterocycles. The van der Waals surface area contributed by atoms with Gasteiger partial charge < -0.3 is 9.15 Å². The predicted octanol–water partition coefficient (Wildman–Crippen LogP) is 0.228. The summed E-state index contributed by atoms with van der Waals surface area (Å²) < 4.78 is 37.6. The summed E-state index contributed by atoms with van der Waals surface area (Å²) in [6.45, 7) is 1.81. The molecule has 7 nitrogen and oxygen atoms in total. The van der Waals surface area contributed by atoms with Gasteiger partial charge in [-0.3, -0.25) is 4.84 Å². The lowest BCUT2D eigenvalue weighted by Crippen LogP contribution is -2.47. The van der Waals surface area contributed by atoms with E-state index in [4.69, 9.17) is 14.0 Å². The molecule has 0 aliphatic carbocycles. The minimum absolute atomic E-state index is 0.140. The maximum absolute atomic E-state index is 12.8. The first-order chi connectivity index (χ1) is 9.60. The third kappa shape index (κ3) is 2.38. The Bertz CT molecular complexity index is 538. The number of ether oxygens (including phenoxy) is 1. The molecule has 2 fully saturated rings. The quantitative estimate of drug-likeness (QED) is 0.796. The van der Waals surface area contributed by atoms with Crippen LogP contribution in [-0.4, -0.2) is 63.0 Å². The molecule has 112 valence electrons.